The van der Waals surface area contributed by atoms with Gasteiger partial charge in [-0.05, 0) is 68.7 Å². The number of carbonyl (C=O) groups is 1. The van der Waals surface area contributed by atoms with E-state index in [0.29, 0.717) is 29.0 Å². The summed E-state index contributed by atoms with van der Waals surface area (Å²) in [6.45, 7) is 6.56. The van der Waals surface area contributed by atoms with Crippen molar-refractivity contribution in [2.24, 2.45) is 23.7 Å². The number of nitrogens with one attached hydrogen (secondary N) is 1. The minimum absolute atomic E-state index is 0.00386. The smallest absolute Gasteiger partial charge is 0.306 e. The summed E-state index contributed by atoms with van der Waals surface area (Å²) in [5.74, 6) is -2.14. The number of aliphatic hydroxyl groups excluding tert-OH is 4. The van der Waals surface area contributed by atoms with Gasteiger partial charge >= 0.3 is 5.97 Å². The Morgan fingerprint density at radius 3 is 2.62 bits per heavy atom. The normalized spacial score (nSPS) is 32.8. The molecule has 3 aliphatic rings. The van der Waals surface area contributed by atoms with Gasteiger partial charge in [0.05, 0.1) is 25.6 Å². The summed E-state index contributed by atoms with van der Waals surface area (Å²) in [6.07, 6.45) is 0.636. The van der Waals surface area contributed by atoms with E-state index in [2.05, 4.69) is 19.2 Å². The molecule has 1 aromatic carbocycles. The molecule has 2 aromatic rings. The molecule has 0 radical (unpaired) electrons. The monoisotopic (exact) mass is 677 g/mol. The predicted octanol–water partition coefficient (Wildman–Crippen LogP) is 1.43. The minimum atomic E-state index is -2.38. The van der Waals surface area contributed by atoms with Gasteiger partial charge in [-0.1, -0.05) is 26.0 Å². The van der Waals surface area contributed by atoms with Gasteiger partial charge in [0.15, 0.2) is 16.9 Å². The third kappa shape index (κ3) is 6.97. The topological polar surface area (TPSA) is 201 Å². The van der Waals surface area contributed by atoms with Crippen molar-refractivity contribution in [2.75, 3.05) is 39.5 Å². The van der Waals surface area contributed by atoms with Crippen LogP contribution in [0, 0.1) is 23.7 Å². The fraction of sp³-hybridized carbons (Fsp3) is 0.686. The van der Waals surface area contributed by atoms with Crippen molar-refractivity contribution < 1.29 is 58.8 Å². The summed E-state index contributed by atoms with van der Waals surface area (Å²) in [4.78, 5) is 12.4. The van der Waals surface area contributed by atoms with Gasteiger partial charge in [0.1, 0.15) is 24.4 Å². The first-order valence-corrected chi connectivity index (χ1v) is 17.0. The van der Waals surface area contributed by atoms with Crippen molar-refractivity contribution in [1.82, 2.24) is 5.32 Å². The summed E-state index contributed by atoms with van der Waals surface area (Å²) < 4.78 is 29.9. The highest BCUT2D eigenvalue weighted by molar-refractivity contribution is 5.87. The molecule has 0 amide bonds. The first-order valence-electron chi connectivity index (χ1n) is 17.0. The zero-order chi connectivity index (χ0) is 34.6. The van der Waals surface area contributed by atoms with Crippen molar-refractivity contribution in [3.05, 3.63) is 36.1 Å². The molecule has 1 saturated heterocycles. The molecule has 2 aliphatic carbocycles. The van der Waals surface area contributed by atoms with Gasteiger partial charge in [-0.2, -0.15) is 0 Å². The molecule has 2 fully saturated rings. The molecule has 0 unspecified atom stereocenters. The summed E-state index contributed by atoms with van der Waals surface area (Å²) >= 11 is 0. The number of allylic oxidation sites excluding steroid dienone is 1. The number of hydrogen-bond donors (Lipinski definition) is 7. The number of aliphatic hydroxyl groups is 6. The number of furan rings is 1. The first kappa shape index (κ1) is 36.5. The second-order valence-electron chi connectivity index (χ2n) is 13.6. The van der Waals surface area contributed by atoms with Crippen LogP contribution in [0.3, 0.4) is 0 Å². The Kier molecular flexibility index (Phi) is 11.7. The van der Waals surface area contributed by atoms with E-state index in [1.807, 2.05) is 0 Å². The van der Waals surface area contributed by atoms with Gasteiger partial charge < -0.3 is 59.3 Å². The van der Waals surface area contributed by atoms with Crippen LogP contribution < -0.4 is 14.8 Å². The van der Waals surface area contributed by atoms with E-state index >= 15 is 0 Å². The Morgan fingerprint density at radius 1 is 1.12 bits per heavy atom. The Labute approximate surface area is 280 Å². The van der Waals surface area contributed by atoms with Crippen LogP contribution in [0.15, 0.2) is 35.0 Å². The lowest BCUT2D eigenvalue weighted by Crippen LogP contribution is -2.81. The Balaban J connectivity index is 1.54. The molecule has 2 heterocycles. The second kappa shape index (κ2) is 15.4. The average molecular weight is 678 g/mol. The maximum absolute atomic E-state index is 12.5. The molecule has 9 atom stereocenters. The molecule has 268 valence electrons. The highest BCUT2D eigenvalue weighted by Gasteiger charge is 2.72. The maximum Gasteiger partial charge on any atom is 0.306 e. The molecule has 2 bridgehead atoms. The third-order valence-corrected chi connectivity index (χ3v) is 10.0. The third-order valence-electron chi connectivity index (χ3n) is 10.0. The molecule has 1 aromatic heterocycles. The quantitative estimate of drug-likeness (QED) is 0.0765. The summed E-state index contributed by atoms with van der Waals surface area (Å²) in [6, 6.07) is 3.51. The molecule has 13 nitrogen and oxygen atoms in total. The van der Waals surface area contributed by atoms with Crippen molar-refractivity contribution in [2.45, 2.75) is 88.7 Å². The van der Waals surface area contributed by atoms with E-state index in [1.165, 1.54) is 12.3 Å². The number of ether oxygens (including phenoxy) is 4. The van der Waals surface area contributed by atoms with Crippen molar-refractivity contribution in [3.8, 4) is 11.5 Å². The van der Waals surface area contributed by atoms with Gasteiger partial charge in [-0.25, -0.2) is 0 Å². The van der Waals surface area contributed by atoms with Crippen molar-refractivity contribution in [3.63, 3.8) is 0 Å². The van der Waals surface area contributed by atoms with Gasteiger partial charge in [0.25, 0.3) is 0 Å². The van der Waals surface area contributed by atoms with Crippen molar-refractivity contribution in [1.29, 1.82) is 0 Å². The van der Waals surface area contributed by atoms with Gasteiger partial charge in [0.2, 0.25) is 12.0 Å². The van der Waals surface area contributed by atoms with Crippen LogP contribution in [-0.4, -0.2) is 112 Å². The number of carbonyl (C=O) groups excluding carboxylic acids is 1. The molecule has 5 rings (SSSR count). The fourth-order valence-electron chi connectivity index (χ4n) is 7.64. The van der Waals surface area contributed by atoms with Crippen LogP contribution in [0.5, 0.6) is 11.5 Å². The SMILES string of the molecule is CCOC(=O)CCc1cc2ccoc2c(OCCNCCCC(C)C)c1O[C@@H]1O[C@H](CO)[C@]2(O)C[C@@H]3C=C[C@H](O)[C@@H](CO)[C@@H]3[C@@]1(O)[C@H]2O. The van der Waals surface area contributed by atoms with Crippen molar-refractivity contribution >= 4 is 16.9 Å². The Bertz CT molecular complexity index is 1410. The lowest BCUT2D eigenvalue weighted by molar-refractivity contribution is -0.391. The van der Waals surface area contributed by atoms with E-state index in [-0.39, 0.29) is 44.0 Å². The molecule has 1 saturated carbocycles. The zero-order valence-electron chi connectivity index (χ0n) is 27.9. The lowest BCUT2D eigenvalue weighted by Gasteiger charge is -2.63. The Hall–Kier alpha value is -2.75. The highest BCUT2D eigenvalue weighted by atomic mass is 16.7. The predicted molar refractivity (Wildman–Crippen MR) is 173 cm³/mol. The average Bonchev–Trinajstić information content (AvgIpc) is 3.52. The summed E-state index contributed by atoms with van der Waals surface area (Å²) in [5.41, 5.74) is -3.62. The Morgan fingerprint density at radius 2 is 1.92 bits per heavy atom. The molecule has 13 heteroatoms. The number of aryl methyl sites for hydroxylation is 1. The lowest BCUT2D eigenvalue weighted by atomic mass is 9.53. The number of rotatable bonds is 16. The van der Waals surface area contributed by atoms with Gasteiger partial charge in [0, 0.05) is 36.8 Å². The van der Waals surface area contributed by atoms with Crippen LogP contribution in [0.25, 0.3) is 11.0 Å². The van der Waals surface area contributed by atoms with Crippen LogP contribution in [0.4, 0.5) is 0 Å². The van der Waals surface area contributed by atoms with E-state index in [1.54, 1.807) is 25.1 Å². The molecular formula is C35H51NO12. The number of hydrogen-bond acceptors (Lipinski definition) is 13. The second-order valence-corrected chi connectivity index (χ2v) is 13.6. The van der Waals surface area contributed by atoms with E-state index in [0.717, 1.165) is 19.4 Å². The molecule has 7 N–H and O–H groups in total. The van der Waals surface area contributed by atoms with E-state index in [4.69, 9.17) is 23.4 Å². The molecule has 48 heavy (non-hydrogen) atoms. The highest BCUT2D eigenvalue weighted by Crippen LogP contribution is 2.56. The van der Waals surface area contributed by atoms with E-state index < -0.39 is 72.7 Å². The standard InChI is InChI=1S/C35H51NO12/c1-4-44-27(40)10-8-21-16-22-11-14-45-29(22)31(46-15-13-36-12-5-6-20(2)3)30(21)48-33-35(43)28-23(7-9-25(39)24(28)18-37)17-34(42,32(35)41)26(19-38)47-33/h7,9,11,14,16,20,23-26,28,32-33,36-39,41-43H,4-6,8,10,12-13,15,17-19H2,1-3H3/t23-,24+,25-,26+,28+,32-,33-,34+,35+/m0/s1. The molecule has 0 spiro atoms. The van der Waals surface area contributed by atoms with E-state index in [9.17, 15) is 35.4 Å². The first-order chi connectivity index (χ1) is 23.0. The van der Waals surface area contributed by atoms with Crippen LogP contribution in [0.1, 0.15) is 52.0 Å². The number of esters is 1. The van der Waals surface area contributed by atoms with Crippen LogP contribution >= 0.6 is 0 Å². The largest absolute Gasteiger partial charge is 0.485 e. The summed E-state index contributed by atoms with van der Waals surface area (Å²) in [7, 11) is 0. The maximum atomic E-state index is 12.5. The zero-order valence-corrected chi connectivity index (χ0v) is 27.9. The van der Waals surface area contributed by atoms with Crippen LogP contribution in [-0.2, 0) is 20.7 Å². The van der Waals surface area contributed by atoms with Gasteiger partial charge in [-0.3, -0.25) is 4.79 Å². The number of benzene rings is 1. The minimum Gasteiger partial charge on any atom is -0.485 e. The van der Waals surface area contributed by atoms with Gasteiger partial charge in [-0.15, -0.1) is 0 Å². The van der Waals surface area contributed by atoms with Crippen LogP contribution in [0.2, 0.25) is 0 Å². The molecular weight excluding hydrogens is 626 g/mol. The molecule has 1 aliphatic heterocycles. The number of fused-ring (bicyclic) bond motifs is 5. The fourth-order valence-corrected chi connectivity index (χ4v) is 7.64. The summed E-state index contributed by atoms with van der Waals surface area (Å²) in [5, 5.41) is 71.4.